The number of hydrogen-bond acceptors (Lipinski definition) is 4. The molecule has 1 heterocycles. The minimum Gasteiger partial charge on any atom is -0.310 e. The maximum atomic E-state index is 11.7. The Morgan fingerprint density at radius 3 is 2.63 bits per heavy atom. The SMILES string of the molecule is CN(CCNCc1cc(=O)n(C)c(=O)n1C)C1CC1. The zero-order chi connectivity index (χ0) is 14.0. The average Bonchev–Trinajstić information content (AvgIpc) is 3.21. The highest BCUT2D eigenvalue weighted by Crippen LogP contribution is 2.24. The van der Waals surface area contributed by atoms with Crippen LogP contribution in [0.1, 0.15) is 18.5 Å². The van der Waals surface area contributed by atoms with Crippen LogP contribution in [0.2, 0.25) is 0 Å². The number of rotatable bonds is 6. The normalized spacial score (nSPS) is 15.2. The molecule has 0 aromatic carbocycles. The summed E-state index contributed by atoms with van der Waals surface area (Å²) in [5.41, 5.74) is 0.191. The van der Waals surface area contributed by atoms with Crippen molar-refractivity contribution in [3.63, 3.8) is 0 Å². The molecule has 0 atom stereocenters. The molecule has 0 bridgehead atoms. The van der Waals surface area contributed by atoms with Crippen molar-refractivity contribution in [2.75, 3.05) is 20.1 Å². The summed E-state index contributed by atoms with van der Waals surface area (Å²) in [6.07, 6.45) is 2.61. The third kappa shape index (κ3) is 3.33. The average molecular weight is 266 g/mol. The summed E-state index contributed by atoms with van der Waals surface area (Å²) in [6.45, 7) is 2.39. The van der Waals surface area contributed by atoms with Crippen LogP contribution in [0.25, 0.3) is 0 Å². The van der Waals surface area contributed by atoms with Gasteiger partial charge < -0.3 is 10.2 Å². The molecule has 2 rings (SSSR count). The third-order valence-corrected chi connectivity index (χ3v) is 3.74. The molecule has 1 fully saturated rings. The first-order chi connectivity index (χ1) is 9.00. The highest BCUT2D eigenvalue weighted by molar-refractivity contribution is 5.01. The fourth-order valence-electron chi connectivity index (χ4n) is 2.12. The van der Waals surface area contributed by atoms with Gasteiger partial charge in [-0.2, -0.15) is 0 Å². The Labute approximate surface area is 112 Å². The Balaban J connectivity index is 1.89. The van der Waals surface area contributed by atoms with Crippen LogP contribution in [0.5, 0.6) is 0 Å². The van der Waals surface area contributed by atoms with Gasteiger partial charge in [-0.25, -0.2) is 4.79 Å². The number of aromatic nitrogens is 2. The van der Waals surface area contributed by atoms with Crippen LogP contribution >= 0.6 is 0 Å². The Morgan fingerprint density at radius 2 is 2.00 bits per heavy atom. The second kappa shape index (κ2) is 5.71. The molecule has 0 aliphatic heterocycles. The number of likely N-dealkylation sites (N-methyl/N-ethyl adjacent to an activating group) is 1. The van der Waals surface area contributed by atoms with Gasteiger partial charge in [0.1, 0.15) is 0 Å². The second-order valence-corrected chi connectivity index (χ2v) is 5.26. The van der Waals surface area contributed by atoms with Crippen molar-refractivity contribution in [1.29, 1.82) is 0 Å². The van der Waals surface area contributed by atoms with E-state index in [-0.39, 0.29) is 11.2 Å². The van der Waals surface area contributed by atoms with E-state index in [1.54, 1.807) is 7.05 Å². The highest BCUT2D eigenvalue weighted by Gasteiger charge is 2.25. The lowest BCUT2D eigenvalue weighted by Gasteiger charge is -2.16. The molecule has 106 valence electrons. The highest BCUT2D eigenvalue weighted by atomic mass is 16.2. The van der Waals surface area contributed by atoms with Gasteiger partial charge in [-0.3, -0.25) is 13.9 Å². The van der Waals surface area contributed by atoms with Gasteiger partial charge in [-0.1, -0.05) is 0 Å². The first kappa shape index (κ1) is 14.0. The number of nitrogens with zero attached hydrogens (tertiary/aromatic N) is 3. The molecular formula is C13H22N4O2. The van der Waals surface area contributed by atoms with Crippen LogP contribution in [-0.4, -0.2) is 40.2 Å². The molecule has 1 aliphatic rings. The van der Waals surface area contributed by atoms with Gasteiger partial charge in [0.15, 0.2) is 0 Å². The molecule has 1 saturated carbocycles. The lowest BCUT2D eigenvalue weighted by atomic mass is 10.3. The zero-order valence-corrected chi connectivity index (χ0v) is 11.8. The van der Waals surface area contributed by atoms with Crippen LogP contribution in [0.4, 0.5) is 0 Å². The van der Waals surface area contributed by atoms with Gasteiger partial charge in [0, 0.05) is 51.5 Å². The van der Waals surface area contributed by atoms with Gasteiger partial charge in [-0.15, -0.1) is 0 Å². The number of nitrogens with one attached hydrogen (secondary N) is 1. The molecule has 6 heteroatoms. The third-order valence-electron chi connectivity index (χ3n) is 3.74. The van der Waals surface area contributed by atoms with Gasteiger partial charge in [-0.05, 0) is 19.9 Å². The monoisotopic (exact) mass is 266 g/mol. The van der Waals surface area contributed by atoms with Gasteiger partial charge in [0.25, 0.3) is 5.56 Å². The fraction of sp³-hybridized carbons (Fsp3) is 0.692. The maximum Gasteiger partial charge on any atom is 0.330 e. The minimum atomic E-state index is -0.278. The van der Waals surface area contributed by atoms with Crippen molar-refractivity contribution < 1.29 is 0 Å². The molecule has 0 radical (unpaired) electrons. The summed E-state index contributed by atoms with van der Waals surface area (Å²) < 4.78 is 2.63. The van der Waals surface area contributed by atoms with Gasteiger partial charge in [0.05, 0.1) is 0 Å². The molecule has 6 nitrogen and oxygen atoms in total. The Morgan fingerprint density at radius 1 is 1.32 bits per heavy atom. The molecule has 1 aliphatic carbocycles. The Hall–Kier alpha value is -1.40. The van der Waals surface area contributed by atoms with E-state index >= 15 is 0 Å². The summed E-state index contributed by atoms with van der Waals surface area (Å²) in [4.78, 5) is 25.6. The van der Waals surface area contributed by atoms with E-state index in [1.807, 2.05) is 0 Å². The first-order valence-corrected chi connectivity index (χ1v) is 6.67. The molecule has 0 unspecified atom stereocenters. The topological polar surface area (TPSA) is 59.3 Å². The minimum absolute atomic E-state index is 0.255. The van der Waals surface area contributed by atoms with E-state index < -0.39 is 0 Å². The predicted octanol–water partition coefficient (Wildman–Crippen LogP) is -0.732. The van der Waals surface area contributed by atoms with Crippen LogP contribution < -0.4 is 16.6 Å². The smallest absolute Gasteiger partial charge is 0.310 e. The number of hydrogen-bond donors (Lipinski definition) is 1. The van der Waals surface area contributed by atoms with Crippen LogP contribution in [-0.2, 0) is 20.6 Å². The molecule has 1 aromatic rings. The van der Waals surface area contributed by atoms with E-state index in [9.17, 15) is 9.59 Å². The maximum absolute atomic E-state index is 11.7. The zero-order valence-electron chi connectivity index (χ0n) is 11.8. The Bertz CT molecular complexity index is 557. The lowest BCUT2D eigenvalue weighted by Crippen LogP contribution is -2.39. The van der Waals surface area contributed by atoms with Crippen molar-refractivity contribution in [2.24, 2.45) is 14.1 Å². The summed E-state index contributed by atoms with van der Waals surface area (Å²) in [7, 11) is 5.31. The van der Waals surface area contributed by atoms with Crippen LogP contribution in [0, 0.1) is 0 Å². The predicted molar refractivity (Wildman–Crippen MR) is 74.3 cm³/mol. The lowest BCUT2D eigenvalue weighted by molar-refractivity contribution is 0.321. The molecule has 0 spiro atoms. The van der Waals surface area contributed by atoms with E-state index in [0.717, 1.165) is 29.4 Å². The van der Waals surface area contributed by atoms with E-state index in [1.165, 1.54) is 30.5 Å². The molecule has 0 amide bonds. The molecule has 1 N–H and O–H groups in total. The standard InChI is InChI=1S/C13H22N4O2/c1-15(10-4-5-10)7-6-14-9-11-8-12(18)17(3)13(19)16(11)2/h8,10,14H,4-7,9H2,1-3H3. The van der Waals surface area contributed by atoms with E-state index in [0.29, 0.717) is 6.54 Å². The Kier molecular flexibility index (Phi) is 4.21. The van der Waals surface area contributed by atoms with Crippen molar-refractivity contribution in [3.05, 3.63) is 32.6 Å². The largest absolute Gasteiger partial charge is 0.330 e. The quantitative estimate of drug-likeness (QED) is 0.690. The van der Waals surface area contributed by atoms with Crippen molar-refractivity contribution in [1.82, 2.24) is 19.4 Å². The first-order valence-electron chi connectivity index (χ1n) is 6.67. The van der Waals surface area contributed by atoms with Crippen LogP contribution in [0.3, 0.4) is 0 Å². The molecule has 1 aromatic heterocycles. The summed E-state index contributed by atoms with van der Waals surface area (Å²) in [5, 5.41) is 3.28. The fourth-order valence-corrected chi connectivity index (χ4v) is 2.12. The van der Waals surface area contributed by atoms with Crippen molar-refractivity contribution >= 4 is 0 Å². The summed E-state index contributed by atoms with van der Waals surface area (Å²) in [6, 6.07) is 2.27. The van der Waals surface area contributed by atoms with Gasteiger partial charge >= 0.3 is 5.69 Å². The van der Waals surface area contributed by atoms with Crippen molar-refractivity contribution in [2.45, 2.75) is 25.4 Å². The van der Waals surface area contributed by atoms with Gasteiger partial charge in [0.2, 0.25) is 0 Å². The summed E-state index contributed by atoms with van der Waals surface area (Å²) in [5.74, 6) is 0. The van der Waals surface area contributed by atoms with Crippen molar-refractivity contribution in [3.8, 4) is 0 Å². The van der Waals surface area contributed by atoms with E-state index in [2.05, 4.69) is 17.3 Å². The molecular weight excluding hydrogens is 244 g/mol. The van der Waals surface area contributed by atoms with E-state index in [4.69, 9.17) is 0 Å². The molecule has 0 saturated heterocycles. The second-order valence-electron chi connectivity index (χ2n) is 5.26. The summed E-state index contributed by atoms with van der Waals surface area (Å²) >= 11 is 0. The molecule has 19 heavy (non-hydrogen) atoms. The van der Waals surface area contributed by atoms with Crippen LogP contribution in [0.15, 0.2) is 15.7 Å².